The first-order valence-electron chi connectivity index (χ1n) is 38.7. The Morgan fingerprint density at radius 2 is 0.545 bits per heavy atom. The van der Waals surface area contributed by atoms with Crippen LogP contribution in [0, 0.1) is 19.7 Å². The molecule has 0 saturated heterocycles. The van der Waals surface area contributed by atoms with Crippen molar-refractivity contribution in [2.45, 2.75) is 19.3 Å². The molecule has 0 saturated carbocycles. The molecule has 10 N–H and O–H groups in total. The van der Waals surface area contributed by atoms with Crippen molar-refractivity contribution in [3.63, 3.8) is 0 Å². The van der Waals surface area contributed by atoms with E-state index in [1.807, 2.05) is 6.07 Å². The van der Waals surface area contributed by atoms with Crippen molar-refractivity contribution in [3.05, 3.63) is 357 Å². The Kier molecular flexibility index (Phi) is 27.4. The van der Waals surface area contributed by atoms with E-state index in [4.69, 9.17) is 71.7 Å². The van der Waals surface area contributed by atoms with Gasteiger partial charge in [0.15, 0.2) is 34.4 Å². The van der Waals surface area contributed by atoms with E-state index in [0.29, 0.717) is 72.5 Å². The third kappa shape index (κ3) is 19.3. The van der Waals surface area contributed by atoms with Crippen LogP contribution in [0.25, 0.3) is 14.5 Å². The summed E-state index contributed by atoms with van der Waals surface area (Å²) in [6.07, 6.45) is 0.284. The van der Waals surface area contributed by atoms with Gasteiger partial charge in [0.2, 0.25) is 0 Å². The zero-order chi connectivity index (χ0) is 95.3. The number of imide groups is 5. The molecule has 3 aromatic heterocycles. The third-order valence-corrected chi connectivity index (χ3v) is 24.5. The number of nitrogens with two attached hydrogens (primary N) is 3. The molecule has 5 aliphatic rings. The number of nitrogen functional groups attached to an aromatic ring is 3. The van der Waals surface area contributed by atoms with Gasteiger partial charge in [0.25, 0.3) is 82.7 Å². The number of halogens is 3. The molecule has 132 heavy (non-hydrogen) atoms. The number of Topliss-reactive ketones (excluding diaryl/α,β-unsaturated/α-hetero) is 3. The van der Waals surface area contributed by atoms with Crippen LogP contribution in [-0.4, -0.2) is 160 Å². The lowest BCUT2D eigenvalue weighted by Crippen LogP contribution is -2.25. The van der Waals surface area contributed by atoms with Gasteiger partial charge in [-0.25, -0.2) is 14.5 Å². The van der Waals surface area contributed by atoms with Gasteiger partial charge >= 0.3 is 0 Å². The number of nitrogens with zero attached hydrogens (tertiary/aromatic N) is 8. The van der Waals surface area contributed by atoms with E-state index in [0.717, 1.165) is 47.2 Å². The molecule has 0 bridgehead atoms. The van der Waals surface area contributed by atoms with Crippen LogP contribution >= 0.6 is 68.8 Å². The van der Waals surface area contributed by atoms with E-state index in [-0.39, 0.29) is 149 Å². The quantitative estimate of drug-likeness (QED) is 0.0193. The molecule has 0 unspecified atom stereocenters. The molecule has 12 aromatic rings. The zero-order valence-electron chi connectivity index (χ0n) is 69.3. The second-order valence-electron chi connectivity index (χ2n) is 29.3. The van der Waals surface area contributed by atoms with Crippen molar-refractivity contribution in [1.82, 2.24) is 24.5 Å². The molecule has 0 radical (unpaired) electrons. The predicted octanol–water partition coefficient (Wildman–Crippen LogP) is 16.4. The fourth-order valence-electron chi connectivity index (χ4n) is 14.1. The minimum absolute atomic E-state index is 0.0144. The number of carbonyl (C=O) groups is 17. The topological polar surface area (TPSA) is 446 Å². The average molecular weight is 1880 g/mol. The first-order chi connectivity index (χ1) is 62.9. The van der Waals surface area contributed by atoms with Crippen LogP contribution in [0.1, 0.15) is 191 Å². The van der Waals surface area contributed by atoms with Gasteiger partial charge < -0.3 is 38.5 Å². The number of carbonyl (C=O) groups excluding carboxylic acids is 17. The largest absolute Gasteiger partial charge is 0.398 e. The lowest BCUT2D eigenvalue weighted by molar-refractivity contribution is 0.0678. The summed E-state index contributed by atoms with van der Waals surface area (Å²) in [6, 6.07) is 52.0. The van der Waals surface area contributed by atoms with E-state index in [9.17, 15) is 81.5 Å². The zero-order valence-corrected chi connectivity index (χ0v) is 74.0. The summed E-state index contributed by atoms with van der Waals surface area (Å²) < 4.78 is 1.44. The van der Waals surface area contributed by atoms with E-state index in [1.54, 1.807) is 121 Å². The number of hydrogen-bond donors (Lipinski definition) is 7. The van der Waals surface area contributed by atoms with E-state index in [2.05, 4.69) is 35.8 Å². The summed E-state index contributed by atoms with van der Waals surface area (Å²) in [5, 5.41) is 10.6. The first-order valence-corrected chi connectivity index (χ1v) is 42.3. The van der Waals surface area contributed by atoms with Gasteiger partial charge in [0, 0.05) is 93.8 Å². The standard InChI is InChI=1S/C25H15N5O4.C19H11Cl2N3O4S2.C18H13N3O3.C17H14N2O3.C15H11ClN2O3S/c1-26-16-8-4-14(5-9-16)22(31)28-18-12-13-19(21-20(18)24(33)30(3)25(21)34)29-23(32)15-6-10-17(27-2)11-7-15;1-24-18(27)14-8(22-16(25)10-4-6-12(20)29-10)2-3-9(15(14)19(24)28)23-17(26)11-5-7-13(21)30-11;1-20-12-5-3-11(4-6-12)15(22)9-10-7-13-16(14(19)8-10)18(24)21(2)17(13)23;1-19-16(21)12-7-10(8-13(18)15(12)17(19)22)9-14(20)11-5-3-2-4-6-11;1-18-14(20)8-4-7(5-9(17)13(8)15(18)21)6-10(19)11-2-3-12(16)22-11/h4-13H,3H3,(H,28,31)(H,29,32);2-7H,1H3,(H,22,25)(H,23,26);3-8H,9,19H2,2H3;2-8H,9,18H2,1H3;2-5H,6,17H2,1H3. The summed E-state index contributed by atoms with van der Waals surface area (Å²) in [4.78, 5) is 226. The Morgan fingerprint density at radius 1 is 0.295 bits per heavy atom. The Labute approximate surface area is 776 Å². The maximum Gasteiger partial charge on any atom is 0.265 e. The summed E-state index contributed by atoms with van der Waals surface area (Å²) in [7, 11) is 6.86. The molecular weight excluding hydrogens is 1810 g/mol. The Balaban J connectivity index is 0.000000142. The molecule has 38 heteroatoms. The molecule has 8 heterocycles. The average Bonchev–Trinajstić information content (AvgIpc) is 1.000. The number of thiophene rings is 3. The van der Waals surface area contributed by atoms with Crippen molar-refractivity contribution in [1.29, 1.82) is 0 Å². The first kappa shape index (κ1) is 93.1. The van der Waals surface area contributed by atoms with Crippen LogP contribution < -0.4 is 38.5 Å². The summed E-state index contributed by atoms with van der Waals surface area (Å²) in [5.74, 6) is -7.15. The number of rotatable bonds is 17. The molecule has 0 atom stereocenters. The van der Waals surface area contributed by atoms with Crippen LogP contribution in [0.2, 0.25) is 13.0 Å². The molecule has 0 aliphatic carbocycles. The van der Waals surface area contributed by atoms with Gasteiger partial charge in [-0.2, -0.15) is 0 Å². The van der Waals surface area contributed by atoms with Gasteiger partial charge in [0.05, 0.1) is 126 Å². The van der Waals surface area contributed by atoms with Gasteiger partial charge in [-0.3, -0.25) is 106 Å². The van der Waals surface area contributed by atoms with Crippen LogP contribution in [0.3, 0.4) is 0 Å². The smallest absolute Gasteiger partial charge is 0.265 e. The van der Waals surface area contributed by atoms with Crippen molar-refractivity contribution in [3.8, 4) is 0 Å². The number of hydrogen-bond acceptors (Lipinski definition) is 23. The second kappa shape index (κ2) is 38.9. The number of ketones is 3. The summed E-state index contributed by atoms with van der Waals surface area (Å²) in [5.41, 5.74) is 24.9. The number of amides is 14. The lowest BCUT2D eigenvalue weighted by atomic mass is 9.98. The maximum atomic E-state index is 12.8. The summed E-state index contributed by atoms with van der Waals surface area (Å²) >= 11 is 20.9. The highest BCUT2D eigenvalue weighted by molar-refractivity contribution is 7.18. The number of anilines is 7. The Hall–Kier alpha value is -16.6. The predicted molar refractivity (Wildman–Crippen MR) is 496 cm³/mol. The van der Waals surface area contributed by atoms with Crippen LogP contribution in [-0.2, 0) is 19.3 Å². The van der Waals surface area contributed by atoms with Crippen LogP contribution in [0.4, 0.5) is 56.9 Å². The van der Waals surface area contributed by atoms with Crippen molar-refractivity contribution in [2.24, 2.45) is 0 Å². The molecule has 9 aromatic carbocycles. The number of nitrogens with one attached hydrogen (secondary N) is 4. The second-order valence-corrected chi connectivity index (χ2v) is 34.4. The minimum Gasteiger partial charge on any atom is -0.398 e. The van der Waals surface area contributed by atoms with Gasteiger partial charge in [-0.05, 0) is 114 Å². The van der Waals surface area contributed by atoms with E-state index >= 15 is 0 Å². The van der Waals surface area contributed by atoms with Crippen molar-refractivity contribution in [2.75, 3.05) is 73.7 Å². The van der Waals surface area contributed by atoms with Gasteiger partial charge in [-0.15, -0.1) is 34.0 Å². The summed E-state index contributed by atoms with van der Waals surface area (Å²) in [6.45, 7) is 20.9. The number of benzene rings is 9. The monoisotopic (exact) mass is 1880 g/mol. The van der Waals surface area contributed by atoms with Crippen molar-refractivity contribution >= 4 is 226 Å². The highest BCUT2D eigenvalue weighted by atomic mass is 35.5. The Morgan fingerprint density at radius 3 is 0.826 bits per heavy atom. The molecule has 17 rings (SSSR count). The van der Waals surface area contributed by atoms with Crippen LogP contribution in [0.5, 0.6) is 0 Å². The molecule has 14 amide bonds. The van der Waals surface area contributed by atoms with E-state index in [1.165, 1.54) is 119 Å². The molecule has 0 spiro atoms. The lowest BCUT2D eigenvalue weighted by Gasteiger charge is -2.13. The normalized spacial score (nSPS) is 12.8. The molecule has 656 valence electrons. The number of fused-ring (bicyclic) bond motifs is 5. The van der Waals surface area contributed by atoms with Crippen molar-refractivity contribution < 1.29 is 81.5 Å². The molecule has 5 aliphatic heterocycles. The minimum atomic E-state index is -0.615. The van der Waals surface area contributed by atoms with Gasteiger partial charge in [0.1, 0.15) is 0 Å². The fourth-order valence-corrected chi connectivity index (χ4v) is 16.9. The van der Waals surface area contributed by atoms with Gasteiger partial charge in [-0.1, -0.05) is 138 Å². The van der Waals surface area contributed by atoms with E-state index < -0.39 is 76.8 Å². The fraction of sp³-hybridized carbons (Fsp3) is 0.0851. The highest BCUT2D eigenvalue weighted by Gasteiger charge is 2.42. The Bertz CT molecular complexity index is 6970. The van der Waals surface area contributed by atoms with Crippen LogP contribution in [0.15, 0.2) is 200 Å². The molecule has 32 nitrogen and oxygen atoms in total. The highest BCUT2D eigenvalue weighted by Crippen LogP contribution is 2.40. The third-order valence-electron chi connectivity index (χ3n) is 20.8. The molecular formula is C94H64Cl3N15O17S3. The molecule has 0 fully saturated rings. The maximum absolute atomic E-state index is 12.8. The SMILES string of the molecule is CN1C(=O)c2c(NC(=O)c3ccc(Cl)s3)ccc(NC(=O)c3ccc(Cl)s3)c2C1=O.CN1C(=O)c2cc(CC(=O)c3ccc(Cl)s3)cc(N)c2C1=O.CN1C(=O)c2cc(CC(=O)c3ccccc3)cc(N)c2C1=O.[C-]#[N+]c1ccc(C(=O)Cc2cc(N)c3c(c2)C(=O)N(C)C3=O)cc1.[C-]#[N+]c1ccc(C(=O)Nc2ccc(NC(=O)c3ccc([N+]#[C-])cc3)c3c2C(=O)N(C)C3=O)cc1.